The molecule has 1 aliphatic heterocycles. The number of hydrogen-bond donors (Lipinski definition) is 0. The fourth-order valence-corrected chi connectivity index (χ4v) is 3.18. The zero-order chi connectivity index (χ0) is 19.2. The van der Waals surface area contributed by atoms with E-state index in [2.05, 4.69) is 9.47 Å². The minimum atomic E-state index is -0.522. The van der Waals surface area contributed by atoms with Gasteiger partial charge in [-0.1, -0.05) is 0 Å². The molecule has 27 heavy (non-hydrogen) atoms. The molecule has 1 fully saturated rings. The van der Waals surface area contributed by atoms with Gasteiger partial charge in [-0.3, -0.25) is 4.79 Å². The summed E-state index contributed by atoms with van der Waals surface area (Å²) < 4.78 is 19.6. The maximum Gasteiger partial charge on any atom is 0.150 e. The lowest BCUT2D eigenvalue weighted by Crippen LogP contribution is -2.30. The minimum absolute atomic E-state index is 0.522. The van der Waals surface area contributed by atoms with Crippen molar-refractivity contribution in [1.29, 1.82) is 0 Å². The molecule has 0 amide bonds. The van der Waals surface area contributed by atoms with E-state index in [-0.39, 0.29) is 0 Å². The molecule has 5 heteroatoms. The number of carbonyl (C=O) groups excluding carboxylic acids is 1. The van der Waals surface area contributed by atoms with Crippen molar-refractivity contribution in [3.05, 3.63) is 60.3 Å². The number of benzene rings is 2. The summed E-state index contributed by atoms with van der Waals surface area (Å²) in [4.78, 5) is 12.9. The molecule has 142 valence electrons. The Balaban J connectivity index is 0.000000221. The normalized spacial score (nSPS) is 15.2. The van der Waals surface area contributed by atoms with Gasteiger partial charge in [0.25, 0.3) is 0 Å². The third-order valence-corrected chi connectivity index (χ3v) is 4.85. The summed E-state index contributed by atoms with van der Waals surface area (Å²) in [7, 11) is 3.69. The van der Waals surface area contributed by atoms with Crippen molar-refractivity contribution in [3.63, 3.8) is 0 Å². The maximum absolute atomic E-state index is 12.3. The van der Waals surface area contributed by atoms with Crippen molar-refractivity contribution < 1.29 is 13.9 Å². The van der Waals surface area contributed by atoms with Crippen molar-refractivity contribution in [2.24, 2.45) is 0 Å². The lowest BCUT2D eigenvalue weighted by Gasteiger charge is -2.23. The van der Waals surface area contributed by atoms with Crippen LogP contribution < -0.4 is 4.74 Å². The highest BCUT2D eigenvalue weighted by Gasteiger charge is 2.14. The number of nitrogens with zero attached hydrogens (tertiary/aromatic N) is 2. The van der Waals surface area contributed by atoms with E-state index in [4.69, 9.17) is 4.74 Å². The van der Waals surface area contributed by atoms with Crippen molar-refractivity contribution in [2.45, 2.75) is 19.0 Å². The highest BCUT2D eigenvalue weighted by Crippen LogP contribution is 2.23. The number of ether oxygens (including phenoxy) is 1. The first-order chi connectivity index (χ1) is 13.1. The zero-order valence-corrected chi connectivity index (χ0v) is 15.8. The van der Waals surface area contributed by atoms with E-state index in [1.165, 1.54) is 0 Å². The molecule has 3 aromatic rings. The van der Waals surface area contributed by atoms with Gasteiger partial charge in [-0.05, 0) is 68.4 Å². The fraction of sp³-hybridized carbons (Fsp3) is 0.318. The van der Waals surface area contributed by atoms with Crippen LogP contribution in [-0.2, 0) is 0 Å². The van der Waals surface area contributed by atoms with E-state index < -0.39 is 6.17 Å². The summed E-state index contributed by atoms with van der Waals surface area (Å²) in [6, 6.07) is 15.6. The van der Waals surface area contributed by atoms with Gasteiger partial charge in [0.15, 0.2) is 0 Å². The molecule has 0 unspecified atom stereocenters. The molecule has 0 radical (unpaired) electrons. The van der Waals surface area contributed by atoms with Gasteiger partial charge < -0.3 is 14.2 Å². The van der Waals surface area contributed by atoms with Crippen LogP contribution in [0, 0.1) is 0 Å². The molecular weight excluding hydrogens is 343 g/mol. The predicted molar refractivity (Wildman–Crippen MR) is 107 cm³/mol. The van der Waals surface area contributed by atoms with Crippen LogP contribution in [-0.4, -0.2) is 49.2 Å². The average molecular weight is 368 g/mol. The Morgan fingerprint density at radius 3 is 2.37 bits per heavy atom. The molecule has 0 aliphatic carbocycles. The van der Waals surface area contributed by atoms with Crippen molar-refractivity contribution >= 4 is 17.2 Å². The molecule has 1 saturated heterocycles. The summed E-state index contributed by atoms with van der Waals surface area (Å²) in [5.74, 6) is 0.837. The molecule has 4 rings (SSSR count). The van der Waals surface area contributed by atoms with Crippen molar-refractivity contribution in [3.8, 4) is 11.4 Å². The average Bonchev–Trinajstić information content (AvgIpc) is 3.14. The molecular formula is C22H25FN2O2. The first kappa shape index (κ1) is 19.1. The van der Waals surface area contributed by atoms with Crippen molar-refractivity contribution in [2.75, 3.05) is 27.2 Å². The van der Waals surface area contributed by atoms with Gasteiger partial charge in [-0.2, -0.15) is 0 Å². The molecule has 0 bridgehead atoms. The molecule has 0 saturated carbocycles. The Hall–Kier alpha value is -2.66. The van der Waals surface area contributed by atoms with Gasteiger partial charge in [-0.25, -0.2) is 4.39 Å². The SMILES string of the molecule is CN1CCC(F)CC1.COc1ccc(-n2ccc3cc(C=O)ccc32)cc1. The Morgan fingerprint density at radius 1 is 1.07 bits per heavy atom. The van der Waals surface area contributed by atoms with E-state index in [9.17, 15) is 9.18 Å². The smallest absolute Gasteiger partial charge is 0.150 e. The second-order valence-corrected chi connectivity index (χ2v) is 6.80. The summed E-state index contributed by atoms with van der Waals surface area (Å²) in [5.41, 5.74) is 2.84. The maximum atomic E-state index is 12.3. The number of aromatic nitrogens is 1. The molecule has 2 aromatic carbocycles. The quantitative estimate of drug-likeness (QED) is 0.639. The third-order valence-electron chi connectivity index (χ3n) is 4.85. The molecule has 1 aromatic heterocycles. The Labute approximate surface area is 159 Å². The Kier molecular flexibility index (Phi) is 6.24. The van der Waals surface area contributed by atoms with Crippen LogP contribution in [0.15, 0.2) is 54.7 Å². The molecule has 0 atom stereocenters. The number of halogens is 1. The molecule has 1 aliphatic rings. The van der Waals surface area contributed by atoms with Crippen LogP contribution in [0.4, 0.5) is 4.39 Å². The predicted octanol–water partition coefficient (Wildman–Crippen LogP) is 4.50. The molecule has 4 nitrogen and oxygen atoms in total. The highest BCUT2D eigenvalue weighted by molar-refractivity contribution is 5.88. The lowest BCUT2D eigenvalue weighted by molar-refractivity contribution is 0.112. The number of alkyl halides is 1. The van der Waals surface area contributed by atoms with Crippen LogP contribution in [0.25, 0.3) is 16.6 Å². The van der Waals surface area contributed by atoms with Gasteiger partial charge >= 0.3 is 0 Å². The third kappa shape index (κ3) is 4.74. The molecule has 0 spiro atoms. The van der Waals surface area contributed by atoms with Crippen LogP contribution >= 0.6 is 0 Å². The molecule has 2 heterocycles. The summed E-state index contributed by atoms with van der Waals surface area (Å²) >= 11 is 0. The van der Waals surface area contributed by atoms with Crippen LogP contribution in [0.5, 0.6) is 5.75 Å². The van der Waals surface area contributed by atoms with Crippen LogP contribution in [0.1, 0.15) is 23.2 Å². The van der Waals surface area contributed by atoms with Crippen LogP contribution in [0.3, 0.4) is 0 Å². The number of carbonyl (C=O) groups is 1. The van der Waals surface area contributed by atoms with E-state index >= 15 is 0 Å². The number of rotatable bonds is 3. The van der Waals surface area contributed by atoms with Gasteiger partial charge in [0.2, 0.25) is 0 Å². The van der Waals surface area contributed by atoms with Gasteiger partial charge in [0.05, 0.1) is 12.6 Å². The number of aldehydes is 1. The van der Waals surface area contributed by atoms with E-state index in [1.54, 1.807) is 7.11 Å². The van der Waals surface area contributed by atoms with Crippen molar-refractivity contribution in [1.82, 2.24) is 9.47 Å². The second-order valence-electron chi connectivity index (χ2n) is 6.80. The number of likely N-dealkylation sites (tertiary alicyclic amines) is 1. The van der Waals surface area contributed by atoms with Crippen LogP contribution in [0.2, 0.25) is 0 Å². The van der Waals surface area contributed by atoms with E-state index in [0.29, 0.717) is 5.56 Å². The van der Waals surface area contributed by atoms with Gasteiger partial charge in [0, 0.05) is 35.9 Å². The van der Waals surface area contributed by atoms with E-state index in [0.717, 1.165) is 54.6 Å². The minimum Gasteiger partial charge on any atom is -0.497 e. The number of piperidine rings is 1. The lowest BCUT2D eigenvalue weighted by atomic mass is 10.1. The summed E-state index contributed by atoms with van der Waals surface area (Å²) in [6.07, 6.45) is 3.81. The van der Waals surface area contributed by atoms with Gasteiger partial charge in [0.1, 0.15) is 18.2 Å². The second kappa shape index (κ2) is 8.82. The topological polar surface area (TPSA) is 34.5 Å². The monoisotopic (exact) mass is 368 g/mol. The highest BCUT2D eigenvalue weighted by atomic mass is 19.1. The number of methoxy groups -OCH3 is 1. The zero-order valence-electron chi connectivity index (χ0n) is 15.8. The fourth-order valence-electron chi connectivity index (χ4n) is 3.18. The summed E-state index contributed by atoms with van der Waals surface area (Å²) in [6.45, 7) is 1.86. The number of fused-ring (bicyclic) bond motifs is 1. The largest absolute Gasteiger partial charge is 0.497 e. The van der Waals surface area contributed by atoms with Gasteiger partial charge in [-0.15, -0.1) is 0 Å². The molecule has 0 N–H and O–H groups in total. The first-order valence-electron chi connectivity index (χ1n) is 9.14. The number of hydrogen-bond acceptors (Lipinski definition) is 3. The first-order valence-corrected chi connectivity index (χ1v) is 9.14. The standard InChI is InChI=1S/C16H13NO2.C6H12FN/c1-19-15-5-3-14(4-6-15)17-9-8-13-10-12(11-18)2-7-16(13)17;1-8-4-2-6(7)3-5-8/h2-11H,1H3;6H,2-5H2,1H3. The Bertz CT molecular complexity index is 871. The Morgan fingerprint density at radius 2 is 1.78 bits per heavy atom. The summed E-state index contributed by atoms with van der Waals surface area (Å²) in [5, 5.41) is 1.06. The van der Waals surface area contributed by atoms with E-state index in [1.807, 2.05) is 61.8 Å².